The maximum absolute atomic E-state index is 13.5. The summed E-state index contributed by atoms with van der Waals surface area (Å²) in [7, 11) is 1.36. The fourth-order valence-corrected chi connectivity index (χ4v) is 4.17. The number of aromatic nitrogens is 2. The zero-order valence-electron chi connectivity index (χ0n) is 16.1. The number of aryl methyl sites for hydroxylation is 1. The summed E-state index contributed by atoms with van der Waals surface area (Å²) in [6.45, 7) is 1.47. The van der Waals surface area contributed by atoms with Gasteiger partial charge in [0.25, 0.3) is 9.05 Å². The van der Waals surface area contributed by atoms with Crippen molar-refractivity contribution >= 4 is 37.2 Å². The Kier molecular flexibility index (Phi) is 6.61. The van der Waals surface area contributed by atoms with Crippen LogP contribution in [0.15, 0.2) is 29.3 Å². The summed E-state index contributed by atoms with van der Waals surface area (Å²) in [4.78, 5) is 8.72. The number of nitrogens with one attached hydrogen (secondary N) is 1. The lowest BCUT2D eigenvalue weighted by atomic mass is 9.98. The lowest BCUT2D eigenvalue weighted by Crippen LogP contribution is -2.39. The molecule has 1 saturated heterocycles. The van der Waals surface area contributed by atoms with Crippen LogP contribution in [0.4, 0.5) is 39.4 Å². The van der Waals surface area contributed by atoms with Gasteiger partial charge in [0, 0.05) is 41.6 Å². The van der Waals surface area contributed by atoms with Crippen LogP contribution in [0.5, 0.6) is 0 Å². The Balaban J connectivity index is 1.95. The first-order valence-electron chi connectivity index (χ1n) is 9.16. The number of nitrogens with zero attached hydrogens (tertiary/aromatic N) is 3. The van der Waals surface area contributed by atoms with E-state index in [-0.39, 0.29) is 30.4 Å². The molecule has 0 radical (unpaired) electrons. The molecule has 31 heavy (non-hydrogen) atoms. The standard InChI is InChI=1S/C18H18ClF5N4O2S/c1-10-7-12(31(19,29)30)4-5-14(10)26-17-25-8-13(18(22,23)24)16(27-17)28-6-2-3-11(9-28)15(20)21/h4-5,7-8,11,15H,2-3,6,9H2,1H3,(H,25,26,27). The topological polar surface area (TPSA) is 75.2 Å². The molecule has 0 spiro atoms. The monoisotopic (exact) mass is 484 g/mol. The van der Waals surface area contributed by atoms with Crippen LogP contribution in [0.1, 0.15) is 24.0 Å². The highest BCUT2D eigenvalue weighted by Gasteiger charge is 2.38. The quantitative estimate of drug-likeness (QED) is 0.478. The molecule has 2 heterocycles. The fraction of sp³-hybridized carbons (Fsp3) is 0.444. The van der Waals surface area contributed by atoms with E-state index >= 15 is 0 Å². The lowest BCUT2D eigenvalue weighted by Gasteiger charge is -2.34. The molecular formula is C18H18ClF5N4O2S. The number of anilines is 3. The van der Waals surface area contributed by atoms with E-state index in [2.05, 4.69) is 15.3 Å². The van der Waals surface area contributed by atoms with Gasteiger partial charge in [0.05, 0.1) is 4.90 Å². The molecular weight excluding hydrogens is 467 g/mol. The second-order valence-corrected chi connectivity index (χ2v) is 9.72. The van der Waals surface area contributed by atoms with Crippen molar-refractivity contribution in [2.75, 3.05) is 23.3 Å². The van der Waals surface area contributed by atoms with Crippen molar-refractivity contribution in [3.63, 3.8) is 0 Å². The molecule has 13 heteroatoms. The van der Waals surface area contributed by atoms with Crippen molar-refractivity contribution in [2.24, 2.45) is 5.92 Å². The van der Waals surface area contributed by atoms with E-state index in [1.807, 2.05) is 0 Å². The van der Waals surface area contributed by atoms with E-state index in [0.29, 0.717) is 23.9 Å². The van der Waals surface area contributed by atoms with Crippen molar-refractivity contribution < 1.29 is 30.4 Å². The lowest BCUT2D eigenvalue weighted by molar-refractivity contribution is -0.137. The smallest absolute Gasteiger partial charge is 0.355 e. The normalized spacial score (nSPS) is 17.8. The molecule has 1 fully saturated rings. The SMILES string of the molecule is Cc1cc(S(=O)(=O)Cl)ccc1Nc1ncc(C(F)(F)F)c(N2CCCC(C(F)F)C2)n1. The first kappa shape index (κ1) is 23.5. The summed E-state index contributed by atoms with van der Waals surface area (Å²) in [5.41, 5.74) is -0.338. The first-order chi connectivity index (χ1) is 14.4. The van der Waals surface area contributed by atoms with E-state index < -0.39 is 39.0 Å². The van der Waals surface area contributed by atoms with Gasteiger partial charge in [0.15, 0.2) is 0 Å². The van der Waals surface area contributed by atoms with Crippen molar-refractivity contribution in [2.45, 2.75) is 37.3 Å². The summed E-state index contributed by atoms with van der Waals surface area (Å²) >= 11 is 0. The number of hydrogen-bond acceptors (Lipinski definition) is 6. The zero-order valence-corrected chi connectivity index (χ0v) is 17.7. The minimum atomic E-state index is -4.77. The van der Waals surface area contributed by atoms with Gasteiger partial charge in [-0.05, 0) is 43.5 Å². The molecule has 0 bridgehead atoms. The maximum Gasteiger partial charge on any atom is 0.421 e. The third-order valence-corrected chi connectivity index (χ3v) is 6.27. The van der Waals surface area contributed by atoms with Crippen molar-refractivity contribution in [3.05, 3.63) is 35.5 Å². The maximum atomic E-state index is 13.5. The molecule has 0 amide bonds. The Morgan fingerprint density at radius 3 is 2.58 bits per heavy atom. The summed E-state index contributed by atoms with van der Waals surface area (Å²) in [5, 5.41) is 2.74. The number of benzene rings is 1. The van der Waals surface area contributed by atoms with E-state index in [4.69, 9.17) is 10.7 Å². The molecule has 1 aromatic carbocycles. The molecule has 1 N–H and O–H groups in total. The number of piperidine rings is 1. The highest BCUT2D eigenvalue weighted by atomic mass is 35.7. The van der Waals surface area contributed by atoms with Gasteiger partial charge in [-0.15, -0.1) is 0 Å². The molecule has 3 rings (SSSR count). The predicted molar refractivity (Wildman–Crippen MR) is 105 cm³/mol. The molecule has 1 aliphatic rings. The van der Waals surface area contributed by atoms with Crippen LogP contribution in [0.3, 0.4) is 0 Å². The van der Waals surface area contributed by atoms with Gasteiger partial charge < -0.3 is 10.2 Å². The van der Waals surface area contributed by atoms with Gasteiger partial charge in [-0.3, -0.25) is 0 Å². The predicted octanol–water partition coefficient (Wildman–Crippen LogP) is 4.96. The van der Waals surface area contributed by atoms with Gasteiger partial charge in [0.1, 0.15) is 11.4 Å². The van der Waals surface area contributed by atoms with Crippen LogP contribution in [-0.2, 0) is 15.2 Å². The van der Waals surface area contributed by atoms with Crippen LogP contribution in [0.25, 0.3) is 0 Å². The summed E-state index contributed by atoms with van der Waals surface area (Å²) in [6, 6.07) is 3.88. The average molecular weight is 485 g/mol. The van der Waals surface area contributed by atoms with Crippen molar-refractivity contribution in [1.29, 1.82) is 0 Å². The van der Waals surface area contributed by atoms with Crippen molar-refractivity contribution in [1.82, 2.24) is 9.97 Å². The molecule has 1 aromatic heterocycles. The molecule has 6 nitrogen and oxygen atoms in total. The number of halogens is 6. The zero-order chi connectivity index (χ0) is 23.0. The minimum absolute atomic E-state index is 0.141. The molecule has 0 aliphatic carbocycles. The second-order valence-electron chi connectivity index (χ2n) is 7.15. The summed E-state index contributed by atoms with van der Waals surface area (Å²) in [6.07, 6.45) is -6.27. The average Bonchev–Trinajstić information content (AvgIpc) is 2.68. The summed E-state index contributed by atoms with van der Waals surface area (Å²) in [5.74, 6) is -1.71. The molecule has 1 unspecified atom stereocenters. The van der Waals surface area contributed by atoms with E-state index in [1.165, 1.54) is 23.1 Å². The van der Waals surface area contributed by atoms with Crippen molar-refractivity contribution in [3.8, 4) is 0 Å². The Hall–Kier alpha value is -2.21. The number of hydrogen-bond donors (Lipinski definition) is 1. The Bertz CT molecular complexity index is 1070. The van der Waals surface area contributed by atoms with E-state index in [0.717, 1.165) is 0 Å². The highest BCUT2D eigenvalue weighted by molar-refractivity contribution is 8.13. The number of rotatable bonds is 5. The molecule has 2 aromatic rings. The highest BCUT2D eigenvalue weighted by Crippen LogP contribution is 2.38. The first-order valence-corrected chi connectivity index (χ1v) is 11.5. The van der Waals surface area contributed by atoms with Crippen LogP contribution in [0.2, 0.25) is 0 Å². The molecule has 1 atom stereocenters. The van der Waals surface area contributed by atoms with Crippen LogP contribution >= 0.6 is 10.7 Å². The number of alkyl halides is 5. The van der Waals surface area contributed by atoms with Gasteiger partial charge in [0.2, 0.25) is 12.4 Å². The van der Waals surface area contributed by atoms with Gasteiger partial charge in [-0.1, -0.05) is 0 Å². The van der Waals surface area contributed by atoms with Crippen LogP contribution < -0.4 is 10.2 Å². The Morgan fingerprint density at radius 1 is 1.29 bits per heavy atom. The molecule has 0 saturated carbocycles. The summed E-state index contributed by atoms with van der Waals surface area (Å²) < 4.78 is 89.6. The van der Waals surface area contributed by atoms with Gasteiger partial charge in [-0.2, -0.15) is 18.2 Å². The Labute approximate surface area is 179 Å². The molecule has 170 valence electrons. The minimum Gasteiger partial charge on any atom is -0.355 e. The van der Waals surface area contributed by atoms with Crippen LogP contribution in [-0.4, -0.2) is 37.9 Å². The van der Waals surface area contributed by atoms with Crippen LogP contribution in [0, 0.1) is 12.8 Å². The fourth-order valence-electron chi connectivity index (χ4n) is 3.33. The second kappa shape index (κ2) is 8.73. The van der Waals surface area contributed by atoms with E-state index in [1.54, 1.807) is 6.92 Å². The third-order valence-electron chi connectivity index (χ3n) is 4.91. The Morgan fingerprint density at radius 2 is 2.00 bits per heavy atom. The largest absolute Gasteiger partial charge is 0.421 e. The third kappa shape index (κ3) is 5.53. The molecule has 1 aliphatic heterocycles. The van der Waals surface area contributed by atoms with E-state index in [9.17, 15) is 30.4 Å². The van der Waals surface area contributed by atoms with Gasteiger partial charge >= 0.3 is 6.18 Å². The van der Waals surface area contributed by atoms with Gasteiger partial charge in [-0.25, -0.2) is 22.2 Å².